The van der Waals surface area contributed by atoms with E-state index in [1.54, 1.807) is 0 Å². The van der Waals surface area contributed by atoms with Gasteiger partial charge >= 0.3 is 0 Å². The van der Waals surface area contributed by atoms with Gasteiger partial charge in [0.15, 0.2) is 0 Å². The van der Waals surface area contributed by atoms with E-state index in [0.29, 0.717) is 0 Å². The van der Waals surface area contributed by atoms with E-state index in [9.17, 15) is 0 Å². The smallest absolute Gasteiger partial charge is 0.109 e. The van der Waals surface area contributed by atoms with Crippen molar-refractivity contribution >= 4 is 0 Å². The summed E-state index contributed by atoms with van der Waals surface area (Å²) in [5, 5.41) is 3.74. The predicted octanol–water partition coefficient (Wildman–Crippen LogP) is 1.42. The normalized spacial score (nSPS) is 27.6. The van der Waals surface area contributed by atoms with Gasteiger partial charge in [-0.05, 0) is 32.6 Å². The summed E-state index contributed by atoms with van der Waals surface area (Å²) in [6.45, 7) is 8.11. The molecule has 0 amide bonds. The molecule has 0 aromatic carbocycles. The van der Waals surface area contributed by atoms with E-state index < -0.39 is 0 Å². The first-order valence-corrected chi connectivity index (χ1v) is 7.51. The summed E-state index contributed by atoms with van der Waals surface area (Å²) in [5.41, 5.74) is 0.260. The van der Waals surface area contributed by atoms with Crippen LogP contribution in [0.15, 0.2) is 12.4 Å². The summed E-state index contributed by atoms with van der Waals surface area (Å²) in [5.74, 6) is 2.13. The molecule has 1 aliphatic carbocycles. The summed E-state index contributed by atoms with van der Waals surface area (Å²) in [6, 6.07) is 0.717. The van der Waals surface area contributed by atoms with Crippen LogP contribution >= 0.6 is 0 Å². The lowest BCUT2D eigenvalue weighted by molar-refractivity contribution is 0.0613. The molecule has 1 saturated heterocycles. The van der Waals surface area contributed by atoms with Crippen LogP contribution in [0.25, 0.3) is 0 Å². The van der Waals surface area contributed by atoms with E-state index in [0.717, 1.165) is 31.5 Å². The molecule has 1 unspecified atom stereocenters. The summed E-state index contributed by atoms with van der Waals surface area (Å²) in [7, 11) is 2.08. The maximum absolute atomic E-state index is 4.44. The van der Waals surface area contributed by atoms with Crippen LogP contribution in [0, 0.1) is 5.92 Å². The molecule has 106 valence electrons. The zero-order valence-corrected chi connectivity index (χ0v) is 12.4. The summed E-state index contributed by atoms with van der Waals surface area (Å²) in [4.78, 5) is 7.09. The zero-order valence-electron chi connectivity index (χ0n) is 12.4. The Morgan fingerprint density at radius 1 is 1.42 bits per heavy atom. The number of aromatic nitrogens is 2. The Labute approximate surface area is 116 Å². The molecule has 0 bridgehead atoms. The van der Waals surface area contributed by atoms with Crippen molar-refractivity contribution in [3.63, 3.8) is 0 Å². The van der Waals surface area contributed by atoms with Crippen LogP contribution in [0.5, 0.6) is 0 Å². The van der Waals surface area contributed by atoms with Crippen LogP contribution in [0.3, 0.4) is 0 Å². The van der Waals surface area contributed by atoms with E-state index in [4.69, 9.17) is 0 Å². The Balaban J connectivity index is 1.61. The van der Waals surface area contributed by atoms with Crippen molar-refractivity contribution < 1.29 is 0 Å². The molecule has 2 heterocycles. The topological polar surface area (TPSA) is 33.1 Å². The summed E-state index contributed by atoms with van der Waals surface area (Å²) >= 11 is 0. The Bertz CT molecular complexity index is 433. The minimum Gasteiger partial charge on any atom is -0.338 e. The maximum Gasteiger partial charge on any atom is 0.109 e. The Morgan fingerprint density at radius 3 is 2.84 bits per heavy atom. The number of aryl methyl sites for hydroxylation is 1. The molecule has 19 heavy (non-hydrogen) atoms. The lowest BCUT2D eigenvalue weighted by Crippen LogP contribution is -2.62. The number of rotatable bonds is 4. The average molecular weight is 262 g/mol. The number of piperazine rings is 1. The number of imidazole rings is 1. The fourth-order valence-electron chi connectivity index (χ4n) is 3.12. The van der Waals surface area contributed by atoms with Crippen LogP contribution < -0.4 is 5.32 Å². The van der Waals surface area contributed by atoms with Crippen molar-refractivity contribution in [2.24, 2.45) is 13.0 Å². The first-order valence-electron chi connectivity index (χ1n) is 7.51. The van der Waals surface area contributed by atoms with Crippen molar-refractivity contribution in [1.82, 2.24) is 19.8 Å². The molecule has 4 heteroatoms. The number of nitrogens with one attached hydrogen (secondary N) is 1. The second-order valence-electron chi connectivity index (χ2n) is 6.79. The third kappa shape index (κ3) is 2.84. The fourth-order valence-corrected chi connectivity index (χ4v) is 3.12. The van der Waals surface area contributed by atoms with Gasteiger partial charge < -0.3 is 9.88 Å². The number of nitrogens with zero attached hydrogens (tertiary/aromatic N) is 3. The standard InChI is InChI=1S/C15H26N4/c1-15(2)11-17-13(12-4-5-12)10-19(15)8-6-14-16-7-9-18(14)3/h7,9,12-13,17H,4-6,8,10-11H2,1-3H3. The third-order valence-electron chi connectivity index (χ3n) is 4.79. The first kappa shape index (κ1) is 13.1. The zero-order chi connectivity index (χ0) is 13.5. The third-order valence-corrected chi connectivity index (χ3v) is 4.79. The van der Waals surface area contributed by atoms with Crippen LogP contribution in [0.4, 0.5) is 0 Å². The van der Waals surface area contributed by atoms with Crippen LogP contribution in [0.1, 0.15) is 32.5 Å². The van der Waals surface area contributed by atoms with Gasteiger partial charge in [-0.2, -0.15) is 0 Å². The van der Waals surface area contributed by atoms with Gasteiger partial charge in [-0.25, -0.2) is 4.98 Å². The van der Waals surface area contributed by atoms with Crippen molar-refractivity contribution in [3.8, 4) is 0 Å². The molecule has 0 radical (unpaired) electrons. The van der Waals surface area contributed by atoms with Crippen molar-refractivity contribution in [3.05, 3.63) is 18.2 Å². The molecule has 1 aliphatic heterocycles. The van der Waals surface area contributed by atoms with Gasteiger partial charge in [0.05, 0.1) is 0 Å². The quantitative estimate of drug-likeness (QED) is 0.891. The van der Waals surface area contributed by atoms with Gasteiger partial charge in [-0.3, -0.25) is 4.90 Å². The highest BCUT2D eigenvalue weighted by atomic mass is 15.3. The molecule has 1 saturated carbocycles. The SMILES string of the molecule is Cn1ccnc1CCN1CC(C2CC2)NCC1(C)C. The Hall–Kier alpha value is -0.870. The van der Waals surface area contributed by atoms with Crippen LogP contribution in [-0.4, -0.2) is 45.7 Å². The molecule has 3 rings (SSSR count). The molecular weight excluding hydrogens is 236 g/mol. The van der Waals surface area contributed by atoms with E-state index in [1.807, 2.05) is 12.4 Å². The molecule has 2 aliphatic rings. The largest absolute Gasteiger partial charge is 0.338 e. The Morgan fingerprint density at radius 2 is 2.21 bits per heavy atom. The van der Waals surface area contributed by atoms with Gasteiger partial charge in [-0.1, -0.05) is 0 Å². The molecule has 1 atom stereocenters. The van der Waals surface area contributed by atoms with E-state index in [2.05, 4.69) is 40.7 Å². The number of hydrogen-bond donors (Lipinski definition) is 1. The molecule has 1 aromatic rings. The van der Waals surface area contributed by atoms with Gasteiger partial charge in [-0.15, -0.1) is 0 Å². The minimum absolute atomic E-state index is 0.260. The van der Waals surface area contributed by atoms with Crippen molar-refractivity contribution in [2.75, 3.05) is 19.6 Å². The lowest BCUT2D eigenvalue weighted by Gasteiger charge is -2.46. The predicted molar refractivity (Wildman–Crippen MR) is 77.1 cm³/mol. The second kappa shape index (κ2) is 4.91. The van der Waals surface area contributed by atoms with Gasteiger partial charge in [0.1, 0.15) is 5.82 Å². The van der Waals surface area contributed by atoms with E-state index in [-0.39, 0.29) is 5.54 Å². The van der Waals surface area contributed by atoms with E-state index in [1.165, 1.54) is 25.2 Å². The highest BCUT2D eigenvalue weighted by molar-refractivity contribution is 5.00. The lowest BCUT2D eigenvalue weighted by atomic mass is 9.95. The first-order chi connectivity index (χ1) is 9.06. The molecule has 2 fully saturated rings. The Kier molecular flexibility index (Phi) is 3.39. The molecular formula is C15H26N4. The number of hydrogen-bond acceptors (Lipinski definition) is 3. The van der Waals surface area contributed by atoms with Gasteiger partial charge in [0.25, 0.3) is 0 Å². The fraction of sp³-hybridized carbons (Fsp3) is 0.800. The minimum atomic E-state index is 0.260. The summed E-state index contributed by atoms with van der Waals surface area (Å²) < 4.78 is 2.13. The highest BCUT2D eigenvalue weighted by Gasteiger charge is 2.40. The van der Waals surface area contributed by atoms with Crippen LogP contribution in [-0.2, 0) is 13.5 Å². The molecule has 0 spiro atoms. The van der Waals surface area contributed by atoms with E-state index >= 15 is 0 Å². The molecule has 4 nitrogen and oxygen atoms in total. The molecule has 1 N–H and O–H groups in total. The van der Waals surface area contributed by atoms with Crippen molar-refractivity contribution in [1.29, 1.82) is 0 Å². The van der Waals surface area contributed by atoms with Crippen molar-refractivity contribution in [2.45, 2.75) is 44.7 Å². The summed E-state index contributed by atoms with van der Waals surface area (Å²) in [6.07, 6.45) is 7.82. The highest BCUT2D eigenvalue weighted by Crippen LogP contribution is 2.35. The van der Waals surface area contributed by atoms with Gasteiger partial charge in [0.2, 0.25) is 0 Å². The monoisotopic (exact) mass is 262 g/mol. The molecule has 1 aromatic heterocycles. The van der Waals surface area contributed by atoms with Gasteiger partial charge in [0, 0.05) is 57.1 Å². The second-order valence-corrected chi connectivity index (χ2v) is 6.79. The average Bonchev–Trinajstić information content (AvgIpc) is 3.12. The maximum atomic E-state index is 4.44. The van der Waals surface area contributed by atoms with Crippen LogP contribution in [0.2, 0.25) is 0 Å².